The third kappa shape index (κ3) is 7.51. The summed E-state index contributed by atoms with van der Waals surface area (Å²) < 4.78 is 8.78. The van der Waals surface area contributed by atoms with Gasteiger partial charge in [0.1, 0.15) is 11.5 Å². The SMILES string of the molecule is C/C=S(\c1cc(C2CN2)ccc1Oc1cc(Cl)cc(Cl)c1)N1CCN(C(=S)NC(=O)/C=C/c2ccccc2)CC1. The van der Waals surface area contributed by atoms with E-state index in [0.29, 0.717) is 40.0 Å². The van der Waals surface area contributed by atoms with Gasteiger partial charge in [0.25, 0.3) is 0 Å². The molecule has 2 fully saturated rings. The number of carbonyl (C=O) groups is 1. The fourth-order valence-electron chi connectivity index (χ4n) is 4.46. The van der Waals surface area contributed by atoms with Gasteiger partial charge in [0.2, 0.25) is 5.91 Å². The van der Waals surface area contributed by atoms with Crippen LogP contribution >= 0.6 is 46.1 Å². The number of hydrogen-bond acceptors (Lipinski definition) is 5. The molecule has 3 aromatic carbocycles. The number of ether oxygens (including phenoxy) is 1. The third-order valence-electron chi connectivity index (χ3n) is 6.55. The standard InChI is InChI=1S/C30H30Cl2N4O2S2/c1-2-40(28-16-22(26-20-33-26)9-10-27(28)38-25-18-23(31)17-24(32)19-25)36-14-12-35(13-15-36)30(39)34-29(37)11-8-21-6-4-3-5-7-21/h2-11,16-19,26,33H,12-15,20H2,1H3,(H,34,37,39)/b11-8+. The van der Waals surface area contributed by atoms with Gasteiger partial charge in [-0.2, -0.15) is 0 Å². The molecule has 208 valence electrons. The van der Waals surface area contributed by atoms with Gasteiger partial charge < -0.3 is 15.0 Å². The van der Waals surface area contributed by atoms with Crippen molar-refractivity contribution in [1.82, 2.24) is 19.8 Å². The van der Waals surface area contributed by atoms with Crippen molar-refractivity contribution in [3.05, 3.63) is 94.0 Å². The number of rotatable bonds is 7. The molecule has 1 amide bonds. The van der Waals surface area contributed by atoms with E-state index >= 15 is 0 Å². The first-order valence-corrected chi connectivity index (χ1v) is 15.4. The Hall–Kier alpha value is -2.72. The normalized spacial score (nSPS) is 18.1. The van der Waals surface area contributed by atoms with Crippen LogP contribution in [0, 0.1) is 0 Å². The van der Waals surface area contributed by atoms with E-state index in [1.165, 1.54) is 11.6 Å². The first-order valence-electron chi connectivity index (χ1n) is 13.0. The maximum Gasteiger partial charge on any atom is 0.250 e. The van der Waals surface area contributed by atoms with Crippen molar-refractivity contribution >= 4 is 68.6 Å². The Morgan fingerprint density at radius 1 is 1.05 bits per heavy atom. The molecule has 2 aliphatic heterocycles. The van der Waals surface area contributed by atoms with Gasteiger partial charge in [-0.15, -0.1) is 0 Å². The smallest absolute Gasteiger partial charge is 0.250 e. The number of piperazine rings is 1. The van der Waals surface area contributed by atoms with Crippen LogP contribution in [0.3, 0.4) is 0 Å². The van der Waals surface area contributed by atoms with Crippen LogP contribution in [0.4, 0.5) is 0 Å². The molecule has 2 atom stereocenters. The highest BCUT2D eigenvalue weighted by molar-refractivity contribution is 8.13. The Kier molecular flexibility index (Phi) is 9.57. The Morgan fingerprint density at radius 2 is 1.75 bits per heavy atom. The second kappa shape index (κ2) is 13.3. The van der Waals surface area contributed by atoms with Crippen molar-refractivity contribution < 1.29 is 9.53 Å². The van der Waals surface area contributed by atoms with Crippen LogP contribution in [0.15, 0.2) is 77.7 Å². The Balaban J connectivity index is 1.26. The van der Waals surface area contributed by atoms with Gasteiger partial charge in [0.15, 0.2) is 5.11 Å². The molecule has 2 saturated heterocycles. The molecule has 3 aromatic rings. The van der Waals surface area contributed by atoms with Crippen LogP contribution < -0.4 is 15.4 Å². The lowest BCUT2D eigenvalue weighted by Crippen LogP contribution is -2.51. The summed E-state index contributed by atoms with van der Waals surface area (Å²) in [5.41, 5.74) is 2.21. The van der Waals surface area contributed by atoms with Crippen molar-refractivity contribution in [2.45, 2.75) is 17.9 Å². The number of benzene rings is 3. The zero-order chi connectivity index (χ0) is 28.1. The second-order valence-electron chi connectivity index (χ2n) is 9.38. The highest BCUT2D eigenvalue weighted by atomic mass is 35.5. The van der Waals surface area contributed by atoms with E-state index in [-0.39, 0.29) is 16.6 Å². The van der Waals surface area contributed by atoms with Gasteiger partial charge in [-0.3, -0.25) is 10.1 Å². The van der Waals surface area contributed by atoms with Crippen LogP contribution in [0.25, 0.3) is 6.08 Å². The molecule has 2 heterocycles. The highest BCUT2D eigenvalue weighted by Crippen LogP contribution is 2.42. The Labute approximate surface area is 253 Å². The molecular formula is C30H30Cl2N4O2S2. The lowest BCUT2D eigenvalue weighted by atomic mass is 10.1. The monoisotopic (exact) mass is 612 g/mol. The predicted molar refractivity (Wildman–Crippen MR) is 171 cm³/mol. The summed E-state index contributed by atoms with van der Waals surface area (Å²) >= 11 is 18.0. The van der Waals surface area contributed by atoms with Gasteiger partial charge in [0, 0.05) is 54.9 Å². The summed E-state index contributed by atoms with van der Waals surface area (Å²) in [6, 6.07) is 21.7. The molecule has 6 nitrogen and oxygen atoms in total. The van der Waals surface area contributed by atoms with Gasteiger partial charge in [-0.25, -0.2) is 4.31 Å². The van der Waals surface area contributed by atoms with Crippen molar-refractivity contribution in [1.29, 1.82) is 0 Å². The molecule has 0 saturated carbocycles. The molecule has 2 unspecified atom stereocenters. The van der Waals surface area contributed by atoms with E-state index in [0.717, 1.165) is 35.8 Å². The first kappa shape index (κ1) is 28.8. The van der Waals surface area contributed by atoms with Gasteiger partial charge in [-0.05, 0) is 72.0 Å². The Bertz CT molecular complexity index is 1430. The van der Waals surface area contributed by atoms with E-state index in [9.17, 15) is 4.79 Å². The minimum atomic E-state index is -0.318. The van der Waals surface area contributed by atoms with Crippen LogP contribution in [0.5, 0.6) is 11.5 Å². The van der Waals surface area contributed by atoms with E-state index in [1.54, 1.807) is 24.3 Å². The third-order valence-corrected chi connectivity index (χ3v) is 9.49. The number of nitrogens with one attached hydrogen (secondary N) is 2. The summed E-state index contributed by atoms with van der Waals surface area (Å²) in [6.45, 7) is 6.07. The summed E-state index contributed by atoms with van der Waals surface area (Å²) in [5, 5.41) is 9.96. The molecule has 0 aliphatic carbocycles. The topological polar surface area (TPSA) is 66.8 Å². The molecule has 2 N–H and O–H groups in total. The largest absolute Gasteiger partial charge is 0.456 e. The number of halogens is 2. The van der Waals surface area contributed by atoms with E-state index in [4.69, 9.17) is 40.2 Å². The average molecular weight is 614 g/mol. The number of thiocarbonyl (C=S) groups is 1. The van der Waals surface area contributed by atoms with E-state index < -0.39 is 0 Å². The lowest BCUT2D eigenvalue weighted by molar-refractivity contribution is -0.115. The van der Waals surface area contributed by atoms with Crippen molar-refractivity contribution in [3.8, 4) is 11.5 Å². The van der Waals surface area contributed by atoms with E-state index in [2.05, 4.69) is 39.4 Å². The zero-order valence-corrected chi connectivity index (χ0v) is 25.1. The van der Waals surface area contributed by atoms with Crippen LogP contribution in [0.2, 0.25) is 10.0 Å². The minimum Gasteiger partial charge on any atom is -0.456 e. The number of nitrogens with zero attached hydrogens (tertiary/aromatic N) is 2. The first-order chi connectivity index (χ1) is 19.4. The molecule has 2 aliphatic rings. The highest BCUT2D eigenvalue weighted by Gasteiger charge is 2.27. The van der Waals surface area contributed by atoms with Crippen LogP contribution in [0.1, 0.15) is 24.1 Å². The molecule has 5 rings (SSSR count). The molecule has 0 radical (unpaired) electrons. The minimum absolute atomic E-state index is 0.230. The summed E-state index contributed by atoms with van der Waals surface area (Å²) in [6.07, 6.45) is 3.29. The van der Waals surface area contributed by atoms with Gasteiger partial charge in [-0.1, -0.05) is 70.3 Å². The molecule has 10 heteroatoms. The molecule has 40 heavy (non-hydrogen) atoms. The van der Waals surface area contributed by atoms with Crippen LogP contribution in [-0.2, 0) is 4.79 Å². The quantitative estimate of drug-likeness (QED) is 0.180. The molecule has 0 spiro atoms. The van der Waals surface area contributed by atoms with E-state index in [1.807, 2.05) is 41.3 Å². The molecular weight excluding hydrogens is 583 g/mol. The summed E-state index contributed by atoms with van der Waals surface area (Å²) in [7, 11) is -0.318. The zero-order valence-electron chi connectivity index (χ0n) is 22.0. The van der Waals surface area contributed by atoms with Crippen molar-refractivity contribution in [2.24, 2.45) is 0 Å². The van der Waals surface area contributed by atoms with Crippen LogP contribution in [-0.4, -0.2) is 58.3 Å². The Morgan fingerprint density at radius 3 is 2.40 bits per heavy atom. The summed E-state index contributed by atoms with van der Waals surface area (Å²) in [4.78, 5) is 15.6. The van der Waals surface area contributed by atoms with Gasteiger partial charge in [0.05, 0.1) is 4.90 Å². The summed E-state index contributed by atoms with van der Waals surface area (Å²) in [5.74, 6) is 1.15. The van der Waals surface area contributed by atoms with Gasteiger partial charge >= 0.3 is 0 Å². The van der Waals surface area contributed by atoms with Crippen molar-refractivity contribution in [3.63, 3.8) is 0 Å². The predicted octanol–water partition coefficient (Wildman–Crippen LogP) is 6.53. The number of carbonyl (C=O) groups excluding carboxylic acids is 1. The molecule has 0 bridgehead atoms. The number of amides is 1. The molecule has 0 aromatic heterocycles. The fourth-order valence-corrected chi connectivity index (χ4v) is 7.21. The average Bonchev–Trinajstić information content (AvgIpc) is 3.79. The fraction of sp³-hybridized carbons (Fsp3) is 0.233. The maximum atomic E-state index is 12.4. The second-order valence-corrected chi connectivity index (χ2v) is 12.7. The lowest BCUT2D eigenvalue weighted by Gasteiger charge is -2.37. The van der Waals surface area contributed by atoms with Crippen molar-refractivity contribution in [2.75, 3.05) is 32.7 Å². The number of hydrogen-bond donors (Lipinski definition) is 2. The maximum absolute atomic E-state index is 12.4.